The van der Waals surface area contributed by atoms with Gasteiger partial charge in [-0.3, -0.25) is 4.40 Å². The van der Waals surface area contributed by atoms with Gasteiger partial charge in [0.2, 0.25) is 5.82 Å². The minimum absolute atomic E-state index is 0.351. The summed E-state index contributed by atoms with van der Waals surface area (Å²) in [6.07, 6.45) is -0.997. The van der Waals surface area contributed by atoms with E-state index in [2.05, 4.69) is 25.7 Å². The summed E-state index contributed by atoms with van der Waals surface area (Å²) < 4.78 is 38.6. The maximum absolute atomic E-state index is 12.2. The van der Waals surface area contributed by atoms with Crippen molar-refractivity contribution in [3.05, 3.63) is 48.8 Å². The minimum atomic E-state index is -4.48. The lowest BCUT2D eigenvalue weighted by Crippen LogP contribution is -2.36. The molecule has 0 saturated heterocycles. The quantitative estimate of drug-likeness (QED) is 0.506. The second-order valence-electron chi connectivity index (χ2n) is 6.59. The van der Waals surface area contributed by atoms with Crippen LogP contribution in [0, 0.1) is 0 Å². The highest BCUT2D eigenvalue weighted by Gasteiger charge is 2.27. The number of carbonyl (C=O) groups excluding carboxylic acids is 1. The van der Waals surface area contributed by atoms with Crippen LogP contribution in [0.1, 0.15) is 6.92 Å². The van der Waals surface area contributed by atoms with Gasteiger partial charge in [0.25, 0.3) is 0 Å². The monoisotopic (exact) mass is 430 g/mol. The third-order valence-electron chi connectivity index (χ3n) is 4.37. The molecule has 0 fully saturated rings. The summed E-state index contributed by atoms with van der Waals surface area (Å²) in [6, 6.07) is 9.46. The molecule has 0 radical (unpaired) electrons. The molecular formula is C19H17F3N8O. The largest absolute Gasteiger partial charge is 0.405 e. The summed E-state index contributed by atoms with van der Waals surface area (Å²) in [5, 5.41) is 16.4. The second-order valence-corrected chi connectivity index (χ2v) is 6.59. The molecule has 0 unspecified atom stereocenters. The fourth-order valence-corrected chi connectivity index (χ4v) is 2.94. The Balaban J connectivity index is 1.56. The van der Waals surface area contributed by atoms with Crippen molar-refractivity contribution in [2.45, 2.75) is 19.6 Å². The Hall–Kier alpha value is -3.96. The molecule has 0 aliphatic heterocycles. The molecular weight excluding hydrogens is 413 g/mol. The third kappa shape index (κ3) is 4.63. The van der Waals surface area contributed by atoms with E-state index in [1.54, 1.807) is 29.7 Å². The molecule has 0 bridgehead atoms. The highest BCUT2D eigenvalue weighted by molar-refractivity contribution is 5.90. The van der Waals surface area contributed by atoms with E-state index in [0.29, 0.717) is 23.7 Å². The predicted octanol–water partition coefficient (Wildman–Crippen LogP) is 3.36. The summed E-state index contributed by atoms with van der Waals surface area (Å²) in [5.41, 5.74) is 3.24. The lowest BCUT2D eigenvalue weighted by Gasteiger charge is -2.10. The van der Waals surface area contributed by atoms with Gasteiger partial charge in [-0.05, 0) is 36.4 Å². The van der Waals surface area contributed by atoms with E-state index in [0.717, 1.165) is 16.8 Å². The molecule has 31 heavy (non-hydrogen) atoms. The van der Waals surface area contributed by atoms with Crippen molar-refractivity contribution in [2.75, 3.05) is 11.9 Å². The first kappa shape index (κ1) is 20.3. The number of fused-ring (bicyclic) bond motifs is 1. The van der Waals surface area contributed by atoms with Crippen LogP contribution in [0.2, 0.25) is 0 Å². The van der Waals surface area contributed by atoms with Gasteiger partial charge in [-0.25, -0.2) is 9.78 Å². The van der Waals surface area contributed by atoms with E-state index in [4.69, 9.17) is 0 Å². The molecule has 2 N–H and O–H groups in total. The fraction of sp³-hybridized carbons (Fsp3) is 0.211. The Morgan fingerprint density at radius 3 is 2.74 bits per heavy atom. The van der Waals surface area contributed by atoms with Crippen molar-refractivity contribution in [3.63, 3.8) is 0 Å². The zero-order chi connectivity index (χ0) is 22.0. The number of nitrogens with one attached hydrogen (secondary N) is 2. The average Bonchev–Trinajstić information content (AvgIpc) is 3.38. The van der Waals surface area contributed by atoms with Crippen molar-refractivity contribution < 1.29 is 18.0 Å². The summed E-state index contributed by atoms with van der Waals surface area (Å²) in [5.74, 6) is 0.491. The molecule has 9 nitrogen and oxygen atoms in total. The normalized spacial score (nSPS) is 11.6. The standard InChI is InChI=1S/C19H17F3N8O/c1-2-30-27-17(26-28-30)13-6-7-29-15(10-23-16(29)9-13)12-4-3-5-14(8-12)25-18(31)24-11-19(20,21)22/h3-10H,2,11H2,1H3,(H2,24,25,31). The van der Waals surface area contributed by atoms with Crippen molar-refractivity contribution in [2.24, 2.45) is 0 Å². The van der Waals surface area contributed by atoms with Gasteiger partial charge in [0.15, 0.2) is 0 Å². The van der Waals surface area contributed by atoms with Gasteiger partial charge < -0.3 is 10.6 Å². The lowest BCUT2D eigenvalue weighted by atomic mass is 10.1. The number of nitrogens with zero attached hydrogens (tertiary/aromatic N) is 6. The number of rotatable bonds is 5. The summed E-state index contributed by atoms with van der Waals surface area (Å²) >= 11 is 0. The molecule has 0 spiro atoms. The summed E-state index contributed by atoms with van der Waals surface area (Å²) in [7, 11) is 0. The van der Waals surface area contributed by atoms with E-state index < -0.39 is 18.8 Å². The van der Waals surface area contributed by atoms with Crippen LogP contribution in [-0.2, 0) is 6.54 Å². The van der Waals surface area contributed by atoms with Crippen molar-refractivity contribution in [1.82, 2.24) is 34.9 Å². The fourth-order valence-electron chi connectivity index (χ4n) is 2.94. The number of amides is 2. The molecule has 12 heteroatoms. The Bertz CT molecular complexity index is 1230. The first-order chi connectivity index (χ1) is 14.8. The van der Waals surface area contributed by atoms with Crippen LogP contribution in [0.15, 0.2) is 48.8 Å². The number of hydrogen-bond acceptors (Lipinski definition) is 5. The Morgan fingerprint density at radius 1 is 1.16 bits per heavy atom. The second kappa shape index (κ2) is 8.05. The number of benzene rings is 1. The van der Waals surface area contributed by atoms with Crippen LogP contribution in [-0.4, -0.2) is 48.3 Å². The van der Waals surface area contributed by atoms with Gasteiger partial charge in [0, 0.05) is 23.0 Å². The van der Waals surface area contributed by atoms with E-state index >= 15 is 0 Å². The average molecular weight is 430 g/mol. The van der Waals surface area contributed by atoms with Crippen LogP contribution in [0.4, 0.5) is 23.7 Å². The van der Waals surface area contributed by atoms with Gasteiger partial charge in [-0.1, -0.05) is 12.1 Å². The van der Waals surface area contributed by atoms with Crippen molar-refractivity contribution >= 4 is 17.4 Å². The van der Waals surface area contributed by atoms with Gasteiger partial charge in [0.1, 0.15) is 12.2 Å². The minimum Gasteiger partial charge on any atom is -0.329 e. The van der Waals surface area contributed by atoms with Crippen molar-refractivity contribution in [1.29, 1.82) is 0 Å². The van der Waals surface area contributed by atoms with Crippen LogP contribution < -0.4 is 10.6 Å². The highest BCUT2D eigenvalue weighted by atomic mass is 19.4. The lowest BCUT2D eigenvalue weighted by molar-refractivity contribution is -0.122. The van der Waals surface area contributed by atoms with Gasteiger partial charge >= 0.3 is 12.2 Å². The number of imidazole rings is 1. The van der Waals surface area contributed by atoms with Gasteiger partial charge in [0.05, 0.1) is 18.4 Å². The van der Waals surface area contributed by atoms with Crippen LogP contribution in [0.5, 0.6) is 0 Å². The third-order valence-corrected chi connectivity index (χ3v) is 4.37. The first-order valence-electron chi connectivity index (χ1n) is 9.30. The summed E-state index contributed by atoms with van der Waals surface area (Å²) in [6.45, 7) is 1.12. The zero-order valence-corrected chi connectivity index (χ0v) is 16.3. The topological polar surface area (TPSA) is 102 Å². The molecule has 0 saturated carbocycles. The van der Waals surface area contributed by atoms with Gasteiger partial charge in [-0.2, -0.15) is 18.0 Å². The Labute approximate surface area is 173 Å². The van der Waals surface area contributed by atoms with Crippen LogP contribution in [0.3, 0.4) is 0 Å². The van der Waals surface area contributed by atoms with Crippen LogP contribution >= 0.6 is 0 Å². The Morgan fingerprint density at radius 2 is 2.00 bits per heavy atom. The van der Waals surface area contributed by atoms with E-state index in [9.17, 15) is 18.0 Å². The summed E-state index contributed by atoms with van der Waals surface area (Å²) in [4.78, 5) is 17.6. The highest BCUT2D eigenvalue weighted by Crippen LogP contribution is 2.25. The molecule has 4 aromatic rings. The number of aryl methyl sites for hydroxylation is 1. The number of carbonyl (C=O) groups is 1. The number of tetrazole rings is 1. The number of aromatic nitrogens is 6. The number of anilines is 1. The maximum atomic E-state index is 12.2. The molecule has 0 aliphatic carbocycles. The SMILES string of the molecule is CCn1nnc(-c2ccn3c(-c4cccc(NC(=O)NCC(F)(F)F)c4)cnc3c2)n1. The number of hydrogen-bond donors (Lipinski definition) is 2. The molecule has 160 valence electrons. The van der Waals surface area contributed by atoms with Gasteiger partial charge in [-0.15, -0.1) is 10.2 Å². The molecule has 0 aliphatic rings. The zero-order valence-electron chi connectivity index (χ0n) is 16.3. The molecule has 0 atom stereocenters. The van der Waals surface area contributed by atoms with Crippen molar-refractivity contribution in [3.8, 4) is 22.6 Å². The van der Waals surface area contributed by atoms with Crippen LogP contribution in [0.25, 0.3) is 28.3 Å². The maximum Gasteiger partial charge on any atom is 0.405 e. The van der Waals surface area contributed by atoms with E-state index in [1.165, 1.54) is 4.80 Å². The first-order valence-corrected chi connectivity index (χ1v) is 9.30. The number of alkyl halides is 3. The molecule has 1 aromatic carbocycles. The number of halogens is 3. The molecule has 2 amide bonds. The number of pyridine rings is 1. The molecule has 4 rings (SSSR count). The molecule has 3 aromatic heterocycles. The predicted molar refractivity (Wildman–Crippen MR) is 106 cm³/mol. The van der Waals surface area contributed by atoms with E-state index in [-0.39, 0.29) is 0 Å². The molecule has 3 heterocycles. The smallest absolute Gasteiger partial charge is 0.329 e. The van der Waals surface area contributed by atoms with E-state index in [1.807, 2.05) is 35.7 Å². The number of urea groups is 1. The Kier molecular flexibility index (Phi) is 5.28.